The number of halogens is 2. The van der Waals surface area contributed by atoms with Crippen molar-refractivity contribution in [3.05, 3.63) is 26.6 Å². The van der Waals surface area contributed by atoms with Crippen LogP contribution in [-0.2, 0) is 6.61 Å². The van der Waals surface area contributed by atoms with E-state index in [4.69, 9.17) is 10.2 Å². The van der Waals surface area contributed by atoms with Gasteiger partial charge in [-0.15, -0.1) is 12.4 Å². The zero-order valence-corrected chi connectivity index (χ0v) is 8.28. The Balaban J connectivity index is 0.00000121. The highest BCUT2D eigenvalue weighted by Gasteiger charge is 2.06. The SMILES string of the molecule is Cl.O=c1c(O)c[nH]c(CO)c1Br. The summed E-state index contributed by atoms with van der Waals surface area (Å²) < 4.78 is 0.167. The molecule has 0 saturated carbocycles. The quantitative estimate of drug-likeness (QED) is 0.694. The van der Waals surface area contributed by atoms with E-state index in [-0.39, 0.29) is 29.2 Å². The first-order valence-electron chi connectivity index (χ1n) is 2.86. The van der Waals surface area contributed by atoms with E-state index in [0.717, 1.165) is 6.20 Å². The molecule has 12 heavy (non-hydrogen) atoms. The van der Waals surface area contributed by atoms with Crippen LogP contribution < -0.4 is 5.43 Å². The van der Waals surface area contributed by atoms with E-state index in [1.165, 1.54) is 0 Å². The van der Waals surface area contributed by atoms with Gasteiger partial charge in [0.25, 0.3) is 0 Å². The van der Waals surface area contributed by atoms with Gasteiger partial charge in [-0.05, 0) is 15.9 Å². The minimum Gasteiger partial charge on any atom is -0.503 e. The van der Waals surface area contributed by atoms with Crippen LogP contribution in [0.2, 0.25) is 0 Å². The molecule has 0 bridgehead atoms. The Labute approximate surface area is 82.8 Å². The van der Waals surface area contributed by atoms with Gasteiger partial charge in [-0.1, -0.05) is 0 Å². The number of pyridine rings is 1. The number of aromatic nitrogens is 1. The first kappa shape index (κ1) is 11.5. The van der Waals surface area contributed by atoms with Crippen molar-refractivity contribution in [2.24, 2.45) is 0 Å². The smallest absolute Gasteiger partial charge is 0.237 e. The number of hydrogen-bond acceptors (Lipinski definition) is 3. The van der Waals surface area contributed by atoms with Gasteiger partial charge in [-0.3, -0.25) is 4.79 Å². The maximum atomic E-state index is 10.9. The zero-order valence-electron chi connectivity index (χ0n) is 5.87. The van der Waals surface area contributed by atoms with Crippen LogP contribution >= 0.6 is 28.3 Å². The van der Waals surface area contributed by atoms with Crippen molar-refractivity contribution >= 4 is 28.3 Å². The van der Waals surface area contributed by atoms with Gasteiger partial charge >= 0.3 is 0 Å². The molecule has 0 aliphatic heterocycles. The summed E-state index contributed by atoms with van der Waals surface area (Å²) in [6, 6.07) is 0. The Morgan fingerprint density at radius 1 is 1.58 bits per heavy atom. The Morgan fingerprint density at radius 2 is 2.17 bits per heavy atom. The van der Waals surface area contributed by atoms with E-state index >= 15 is 0 Å². The van der Waals surface area contributed by atoms with E-state index in [0.29, 0.717) is 5.69 Å². The lowest BCUT2D eigenvalue weighted by Crippen LogP contribution is -2.06. The second-order valence-corrected chi connectivity index (χ2v) is 2.75. The standard InChI is InChI=1S/C6H6BrNO3.ClH/c7-5-3(2-9)8-1-4(10)6(5)11;/h1,9-10H,2H2,(H,8,11);1H. The van der Waals surface area contributed by atoms with Gasteiger partial charge < -0.3 is 15.2 Å². The summed E-state index contributed by atoms with van der Waals surface area (Å²) in [6.07, 6.45) is 1.14. The fourth-order valence-corrected chi connectivity index (χ4v) is 1.09. The van der Waals surface area contributed by atoms with E-state index in [2.05, 4.69) is 20.9 Å². The lowest BCUT2D eigenvalue weighted by molar-refractivity contribution is 0.275. The van der Waals surface area contributed by atoms with Crippen LogP contribution in [0.15, 0.2) is 15.5 Å². The predicted molar refractivity (Wildman–Crippen MR) is 49.6 cm³/mol. The van der Waals surface area contributed by atoms with Crippen molar-refractivity contribution in [1.82, 2.24) is 4.98 Å². The third kappa shape index (κ3) is 2.00. The van der Waals surface area contributed by atoms with E-state index in [9.17, 15) is 4.79 Å². The van der Waals surface area contributed by atoms with Gasteiger partial charge in [0.2, 0.25) is 5.43 Å². The van der Waals surface area contributed by atoms with Crippen molar-refractivity contribution in [2.45, 2.75) is 6.61 Å². The fraction of sp³-hybridized carbons (Fsp3) is 0.167. The number of H-pyrrole nitrogens is 1. The molecule has 6 heteroatoms. The molecule has 0 aromatic carbocycles. The van der Waals surface area contributed by atoms with E-state index in [1.807, 2.05) is 0 Å². The Bertz CT molecular complexity index is 325. The molecule has 4 nitrogen and oxygen atoms in total. The zero-order chi connectivity index (χ0) is 8.43. The Hall–Kier alpha value is -0.520. The normalized spacial score (nSPS) is 9.17. The van der Waals surface area contributed by atoms with Crippen LogP contribution in [0, 0.1) is 0 Å². The van der Waals surface area contributed by atoms with E-state index < -0.39 is 5.43 Å². The molecule has 1 rings (SSSR count). The van der Waals surface area contributed by atoms with Crippen LogP contribution in [-0.4, -0.2) is 15.2 Å². The van der Waals surface area contributed by atoms with Crippen molar-refractivity contribution < 1.29 is 10.2 Å². The minimum atomic E-state index is -0.521. The average Bonchev–Trinajstić information content (AvgIpc) is 2.01. The van der Waals surface area contributed by atoms with Crippen molar-refractivity contribution in [3.63, 3.8) is 0 Å². The number of aromatic hydroxyl groups is 1. The monoisotopic (exact) mass is 255 g/mol. The molecular weight excluding hydrogens is 249 g/mol. The fourth-order valence-electron chi connectivity index (χ4n) is 0.649. The molecule has 0 atom stereocenters. The minimum absolute atomic E-state index is 0. The van der Waals surface area contributed by atoms with Gasteiger partial charge in [0, 0.05) is 6.20 Å². The molecule has 3 N–H and O–H groups in total. The van der Waals surface area contributed by atoms with E-state index in [1.54, 1.807) is 0 Å². The van der Waals surface area contributed by atoms with Crippen LogP contribution in [0.4, 0.5) is 0 Å². The summed E-state index contributed by atoms with van der Waals surface area (Å²) in [7, 11) is 0. The largest absolute Gasteiger partial charge is 0.503 e. The number of nitrogens with one attached hydrogen (secondary N) is 1. The maximum Gasteiger partial charge on any atom is 0.237 e. The molecule has 1 aromatic heterocycles. The molecule has 0 amide bonds. The molecule has 0 saturated heterocycles. The van der Waals surface area contributed by atoms with Crippen LogP contribution in [0.3, 0.4) is 0 Å². The van der Waals surface area contributed by atoms with Crippen LogP contribution in [0.1, 0.15) is 5.69 Å². The summed E-state index contributed by atoms with van der Waals surface area (Å²) in [5, 5.41) is 17.5. The van der Waals surface area contributed by atoms with Gasteiger partial charge in [0.05, 0.1) is 16.8 Å². The molecule has 0 aliphatic rings. The Kier molecular flexibility index (Phi) is 4.30. The summed E-state index contributed by atoms with van der Waals surface area (Å²) >= 11 is 2.93. The molecule has 1 aromatic rings. The van der Waals surface area contributed by atoms with Crippen molar-refractivity contribution in [3.8, 4) is 5.75 Å². The van der Waals surface area contributed by atoms with Crippen molar-refractivity contribution in [1.29, 1.82) is 0 Å². The highest BCUT2D eigenvalue weighted by molar-refractivity contribution is 9.10. The summed E-state index contributed by atoms with van der Waals surface area (Å²) in [4.78, 5) is 13.5. The first-order chi connectivity index (χ1) is 5.16. The molecule has 0 aliphatic carbocycles. The van der Waals surface area contributed by atoms with Gasteiger partial charge in [-0.25, -0.2) is 0 Å². The number of hydrogen-bond donors (Lipinski definition) is 3. The number of rotatable bonds is 1. The molecule has 0 fully saturated rings. The second-order valence-electron chi connectivity index (χ2n) is 1.95. The first-order valence-corrected chi connectivity index (χ1v) is 3.66. The maximum absolute atomic E-state index is 10.9. The molecular formula is C6H7BrClNO3. The predicted octanol–water partition coefficient (Wildman–Crippen LogP) is 0.757. The number of aliphatic hydroxyl groups is 1. The summed E-state index contributed by atoms with van der Waals surface area (Å²) in [6.45, 7) is -0.268. The average molecular weight is 256 g/mol. The van der Waals surface area contributed by atoms with Gasteiger partial charge in [0.15, 0.2) is 5.75 Å². The van der Waals surface area contributed by atoms with Gasteiger partial charge in [0.1, 0.15) is 0 Å². The van der Waals surface area contributed by atoms with Crippen LogP contribution in [0.25, 0.3) is 0 Å². The number of aromatic amines is 1. The highest BCUT2D eigenvalue weighted by Crippen LogP contribution is 2.12. The molecule has 68 valence electrons. The summed E-state index contributed by atoms with van der Waals surface area (Å²) in [5.41, 5.74) is -0.166. The number of aliphatic hydroxyl groups excluding tert-OH is 1. The molecule has 0 spiro atoms. The Morgan fingerprint density at radius 3 is 2.67 bits per heavy atom. The lowest BCUT2D eigenvalue weighted by Gasteiger charge is -1.99. The topological polar surface area (TPSA) is 73.3 Å². The lowest BCUT2D eigenvalue weighted by atomic mass is 10.3. The van der Waals surface area contributed by atoms with Crippen molar-refractivity contribution in [2.75, 3.05) is 0 Å². The third-order valence-electron chi connectivity index (χ3n) is 1.24. The molecule has 0 unspecified atom stereocenters. The second kappa shape index (κ2) is 4.49. The highest BCUT2D eigenvalue weighted by atomic mass is 79.9. The molecule has 0 radical (unpaired) electrons. The molecule has 1 heterocycles. The summed E-state index contributed by atoms with van der Waals surface area (Å²) in [5.74, 6) is -0.367. The van der Waals surface area contributed by atoms with Gasteiger partial charge in [-0.2, -0.15) is 0 Å². The third-order valence-corrected chi connectivity index (χ3v) is 2.08. The van der Waals surface area contributed by atoms with Crippen LogP contribution in [0.5, 0.6) is 5.75 Å².